The highest BCUT2D eigenvalue weighted by Gasteiger charge is 2.07. The van der Waals surface area contributed by atoms with Gasteiger partial charge >= 0.3 is 5.97 Å². The first-order chi connectivity index (χ1) is 7.70. The van der Waals surface area contributed by atoms with Crippen LogP contribution >= 0.6 is 0 Å². The molecule has 0 aliphatic rings. The second-order valence-electron chi connectivity index (χ2n) is 3.37. The number of pyridine rings is 1. The lowest BCUT2D eigenvalue weighted by atomic mass is 10.1. The number of carboxylic acid groups (broad SMARTS) is 1. The van der Waals surface area contributed by atoms with Crippen LogP contribution in [0.15, 0.2) is 30.5 Å². The average Bonchev–Trinajstić information content (AvgIpc) is 2.27. The third-order valence-corrected chi connectivity index (χ3v) is 2.22. The van der Waals surface area contributed by atoms with E-state index in [0.29, 0.717) is 16.8 Å². The van der Waals surface area contributed by atoms with Gasteiger partial charge in [-0.1, -0.05) is 18.2 Å². The molecule has 0 radical (unpaired) electrons. The molecule has 1 aromatic carbocycles. The minimum absolute atomic E-state index is 0.0760. The monoisotopic (exact) mass is 212 g/mol. The molecule has 0 aliphatic heterocycles. The Bertz CT molecular complexity index is 599. The van der Waals surface area contributed by atoms with Gasteiger partial charge in [0, 0.05) is 6.20 Å². The number of hydrogen-bond donors (Lipinski definition) is 1. The molecule has 0 spiro atoms. The van der Waals surface area contributed by atoms with Crippen LogP contribution in [-0.4, -0.2) is 16.1 Å². The Labute approximate surface area is 92.0 Å². The van der Waals surface area contributed by atoms with Crippen molar-refractivity contribution in [2.24, 2.45) is 0 Å². The summed E-state index contributed by atoms with van der Waals surface area (Å²) in [5.41, 5.74) is 1.64. The molecular formula is C12H8N2O2. The lowest BCUT2D eigenvalue weighted by molar-refractivity contribution is -0.136. The van der Waals surface area contributed by atoms with Crippen LogP contribution < -0.4 is 0 Å². The smallest absolute Gasteiger partial charge is 0.307 e. The third-order valence-electron chi connectivity index (χ3n) is 2.22. The number of hydrogen-bond acceptors (Lipinski definition) is 2. The first kappa shape index (κ1) is 10.1. The molecule has 0 bridgehead atoms. The summed E-state index contributed by atoms with van der Waals surface area (Å²) in [6, 6.07) is 6.92. The molecule has 0 atom stereocenters. The van der Waals surface area contributed by atoms with E-state index in [2.05, 4.69) is 9.83 Å². The fourth-order valence-corrected chi connectivity index (χ4v) is 1.60. The molecule has 2 aromatic rings. The van der Waals surface area contributed by atoms with Gasteiger partial charge in [-0.05, 0) is 17.0 Å². The Kier molecular flexibility index (Phi) is 2.52. The highest BCUT2D eigenvalue weighted by atomic mass is 16.4. The fourth-order valence-electron chi connectivity index (χ4n) is 1.60. The minimum atomic E-state index is -0.904. The SMILES string of the molecule is [C-]#[N+]c1cc(CC(=O)O)cc2cccnc12. The van der Waals surface area contributed by atoms with Crippen LogP contribution in [0.3, 0.4) is 0 Å². The molecule has 0 unspecified atom stereocenters. The number of carboxylic acids is 1. The second kappa shape index (κ2) is 3.99. The van der Waals surface area contributed by atoms with Gasteiger partial charge in [-0.2, -0.15) is 0 Å². The number of aliphatic carboxylic acids is 1. The molecule has 16 heavy (non-hydrogen) atoms. The van der Waals surface area contributed by atoms with Gasteiger partial charge in [0.2, 0.25) is 5.69 Å². The second-order valence-corrected chi connectivity index (χ2v) is 3.37. The largest absolute Gasteiger partial charge is 0.481 e. The van der Waals surface area contributed by atoms with Crippen molar-refractivity contribution in [3.05, 3.63) is 47.4 Å². The van der Waals surface area contributed by atoms with Crippen molar-refractivity contribution in [1.82, 2.24) is 4.98 Å². The molecular weight excluding hydrogens is 204 g/mol. The van der Waals surface area contributed by atoms with E-state index in [4.69, 9.17) is 11.7 Å². The Morgan fingerprint density at radius 1 is 1.50 bits per heavy atom. The Balaban J connectivity index is 2.64. The van der Waals surface area contributed by atoms with Gasteiger partial charge in [-0.25, -0.2) is 4.85 Å². The summed E-state index contributed by atoms with van der Waals surface area (Å²) in [6.45, 7) is 7.04. The normalized spacial score (nSPS) is 9.94. The zero-order valence-electron chi connectivity index (χ0n) is 8.34. The molecule has 0 saturated carbocycles. The summed E-state index contributed by atoms with van der Waals surface area (Å²) in [5, 5.41) is 9.51. The van der Waals surface area contributed by atoms with Gasteiger partial charge < -0.3 is 5.11 Å². The minimum Gasteiger partial charge on any atom is -0.481 e. The summed E-state index contributed by atoms with van der Waals surface area (Å²) in [7, 11) is 0. The number of aromatic nitrogens is 1. The van der Waals surface area contributed by atoms with Crippen LogP contribution in [0, 0.1) is 6.57 Å². The van der Waals surface area contributed by atoms with E-state index >= 15 is 0 Å². The van der Waals surface area contributed by atoms with Crippen molar-refractivity contribution in [1.29, 1.82) is 0 Å². The maximum atomic E-state index is 10.6. The van der Waals surface area contributed by atoms with E-state index in [1.807, 2.05) is 6.07 Å². The zero-order chi connectivity index (χ0) is 11.5. The van der Waals surface area contributed by atoms with Crippen LogP contribution in [0.1, 0.15) is 5.56 Å². The topological polar surface area (TPSA) is 54.5 Å². The molecule has 0 saturated heterocycles. The van der Waals surface area contributed by atoms with Gasteiger partial charge in [0.1, 0.15) is 0 Å². The molecule has 4 heteroatoms. The van der Waals surface area contributed by atoms with Crippen molar-refractivity contribution in [3.63, 3.8) is 0 Å². The van der Waals surface area contributed by atoms with E-state index in [-0.39, 0.29) is 6.42 Å². The van der Waals surface area contributed by atoms with Crippen molar-refractivity contribution in [3.8, 4) is 0 Å². The quantitative estimate of drug-likeness (QED) is 0.778. The maximum absolute atomic E-state index is 10.6. The van der Waals surface area contributed by atoms with Crippen LogP contribution in [0.25, 0.3) is 15.7 Å². The third kappa shape index (κ3) is 1.84. The summed E-state index contributed by atoms with van der Waals surface area (Å²) in [6.07, 6.45) is 1.54. The Morgan fingerprint density at radius 3 is 3.00 bits per heavy atom. The molecule has 2 rings (SSSR count). The molecule has 1 heterocycles. The van der Waals surface area contributed by atoms with Gasteiger partial charge in [0.05, 0.1) is 18.5 Å². The van der Waals surface area contributed by atoms with E-state index < -0.39 is 5.97 Å². The number of rotatable bonds is 2. The summed E-state index contributed by atoms with van der Waals surface area (Å²) in [4.78, 5) is 18.1. The predicted octanol–water partition coefficient (Wildman–Crippen LogP) is 2.41. The van der Waals surface area contributed by atoms with Gasteiger partial charge in [-0.3, -0.25) is 9.78 Å². The van der Waals surface area contributed by atoms with Crippen molar-refractivity contribution < 1.29 is 9.90 Å². The standard InChI is InChI=1S/C12H8N2O2/c1-13-10-6-8(7-11(15)16)5-9-3-2-4-14-12(9)10/h2-6H,7H2,(H,15,16). The van der Waals surface area contributed by atoms with Crippen LogP contribution in [0.5, 0.6) is 0 Å². The van der Waals surface area contributed by atoms with Gasteiger partial charge in [0.25, 0.3) is 0 Å². The Hall–Kier alpha value is -2.41. The van der Waals surface area contributed by atoms with E-state index in [1.54, 1.807) is 24.4 Å². The fraction of sp³-hybridized carbons (Fsp3) is 0.0833. The molecule has 0 amide bonds. The molecule has 0 aliphatic carbocycles. The number of nitrogens with zero attached hydrogens (tertiary/aromatic N) is 2. The van der Waals surface area contributed by atoms with E-state index in [0.717, 1.165) is 5.39 Å². The molecule has 78 valence electrons. The van der Waals surface area contributed by atoms with Crippen molar-refractivity contribution in [2.45, 2.75) is 6.42 Å². The van der Waals surface area contributed by atoms with Crippen molar-refractivity contribution in [2.75, 3.05) is 0 Å². The van der Waals surface area contributed by atoms with E-state index in [1.165, 1.54) is 0 Å². The lowest BCUT2D eigenvalue weighted by Gasteiger charge is -2.03. The highest BCUT2D eigenvalue weighted by molar-refractivity contribution is 5.92. The Morgan fingerprint density at radius 2 is 2.31 bits per heavy atom. The van der Waals surface area contributed by atoms with E-state index in [9.17, 15) is 4.79 Å². The van der Waals surface area contributed by atoms with Gasteiger partial charge in [-0.15, -0.1) is 0 Å². The molecule has 1 aromatic heterocycles. The summed E-state index contributed by atoms with van der Waals surface area (Å²) >= 11 is 0. The van der Waals surface area contributed by atoms with Gasteiger partial charge in [0.15, 0.2) is 0 Å². The zero-order valence-corrected chi connectivity index (χ0v) is 8.34. The van der Waals surface area contributed by atoms with Crippen LogP contribution in [0.2, 0.25) is 0 Å². The van der Waals surface area contributed by atoms with Crippen LogP contribution in [-0.2, 0) is 11.2 Å². The average molecular weight is 212 g/mol. The first-order valence-electron chi connectivity index (χ1n) is 4.67. The maximum Gasteiger partial charge on any atom is 0.307 e. The molecule has 0 fully saturated rings. The number of benzene rings is 1. The van der Waals surface area contributed by atoms with Crippen molar-refractivity contribution >= 4 is 22.6 Å². The summed E-state index contributed by atoms with van der Waals surface area (Å²) in [5.74, 6) is -0.904. The highest BCUT2D eigenvalue weighted by Crippen LogP contribution is 2.26. The lowest BCUT2D eigenvalue weighted by Crippen LogP contribution is -1.99. The first-order valence-corrected chi connectivity index (χ1v) is 4.67. The predicted molar refractivity (Wildman–Crippen MR) is 59.3 cm³/mol. The summed E-state index contributed by atoms with van der Waals surface area (Å²) < 4.78 is 0. The number of carbonyl (C=O) groups is 1. The number of fused-ring (bicyclic) bond motifs is 1. The van der Waals surface area contributed by atoms with Crippen LogP contribution in [0.4, 0.5) is 5.69 Å². The molecule has 1 N–H and O–H groups in total. The molecule has 4 nitrogen and oxygen atoms in total.